The highest BCUT2D eigenvalue weighted by Crippen LogP contribution is 2.38. The van der Waals surface area contributed by atoms with Crippen LogP contribution in [0.2, 0.25) is 0 Å². The number of aromatic nitrogens is 2. The number of nitrogens with zero attached hydrogens (tertiary/aromatic N) is 3. The van der Waals surface area contributed by atoms with Crippen molar-refractivity contribution < 1.29 is 4.52 Å². The molecule has 0 bridgehead atoms. The second-order valence-electron chi connectivity index (χ2n) is 5.18. The summed E-state index contributed by atoms with van der Waals surface area (Å²) in [5.41, 5.74) is 0. The number of nitrogens with one attached hydrogen (secondary N) is 1. The summed E-state index contributed by atoms with van der Waals surface area (Å²) in [4.78, 5) is 6.88. The van der Waals surface area contributed by atoms with E-state index in [1.54, 1.807) is 0 Å². The van der Waals surface area contributed by atoms with Crippen LogP contribution < -0.4 is 5.32 Å². The van der Waals surface area contributed by atoms with E-state index in [0.717, 1.165) is 31.3 Å². The van der Waals surface area contributed by atoms with E-state index in [1.807, 2.05) is 7.05 Å². The summed E-state index contributed by atoms with van der Waals surface area (Å²) < 4.78 is 5.31. The SMILES string of the molecule is CNC1CCCN(Cc2nc(C3CC3)no2)C1.Cl. The van der Waals surface area contributed by atoms with E-state index >= 15 is 0 Å². The molecule has 1 aliphatic heterocycles. The lowest BCUT2D eigenvalue weighted by atomic mass is 10.1. The molecule has 2 fully saturated rings. The molecule has 102 valence electrons. The van der Waals surface area contributed by atoms with Gasteiger partial charge >= 0.3 is 0 Å². The summed E-state index contributed by atoms with van der Waals surface area (Å²) in [6, 6.07) is 0.606. The Hall–Kier alpha value is -0.650. The van der Waals surface area contributed by atoms with Crippen molar-refractivity contribution in [1.29, 1.82) is 0 Å². The Morgan fingerprint density at radius 3 is 2.94 bits per heavy atom. The van der Waals surface area contributed by atoms with Crippen molar-refractivity contribution in [3.63, 3.8) is 0 Å². The number of rotatable bonds is 4. The Balaban J connectivity index is 0.00000120. The van der Waals surface area contributed by atoms with Crippen LogP contribution in [0.1, 0.15) is 43.3 Å². The van der Waals surface area contributed by atoms with Gasteiger partial charge in [-0.15, -0.1) is 12.4 Å². The van der Waals surface area contributed by atoms with Crippen molar-refractivity contribution >= 4 is 12.4 Å². The molecule has 5 nitrogen and oxygen atoms in total. The Morgan fingerprint density at radius 2 is 2.22 bits per heavy atom. The molecule has 0 radical (unpaired) electrons. The van der Waals surface area contributed by atoms with Crippen LogP contribution in [-0.4, -0.2) is 41.2 Å². The second-order valence-corrected chi connectivity index (χ2v) is 5.18. The van der Waals surface area contributed by atoms with Crippen molar-refractivity contribution in [3.8, 4) is 0 Å². The van der Waals surface area contributed by atoms with Crippen LogP contribution in [0.25, 0.3) is 0 Å². The monoisotopic (exact) mass is 272 g/mol. The fourth-order valence-corrected chi connectivity index (χ4v) is 2.47. The summed E-state index contributed by atoms with van der Waals surface area (Å²) in [5.74, 6) is 2.28. The summed E-state index contributed by atoms with van der Waals surface area (Å²) in [7, 11) is 2.03. The van der Waals surface area contributed by atoms with Gasteiger partial charge in [0, 0.05) is 18.5 Å². The summed E-state index contributed by atoms with van der Waals surface area (Å²) >= 11 is 0. The van der Waals surface area contributed by atoms with Gasteiger partial charge in [0.05, 0.1) is 6.54 Å². The molecule has 3 rings (SSSR count). The first kappa shape index (κ1) is 13.8. The van der Waals surface area contributed by atoms with Gasteiger partial charge in [-0.1, -0.05) is 5.16 Å². The van der Waals surface area contributed by atoms with Gasteiger partial charge in [-0.2, -0.15) is 4.98 Å². The quantitative estimate of drug-likeness (QED) is 0.901. The highest BCUT2D eigenvalue weighted by Gasteiger charge is 2.29. The van der Waals surface area contributed by atoms with Crippen LogP contribution in [0.3, 0.4) is 0 Å². The van der Waals surface area contributed by atoms with Gasteiger partial charge in [0.15, 0.2) is 5.82 Å². The van der Waals surface area contributed by atoms with E-state index in [-0.39, 0.29) is 12.4 Å². The molecule has 0 aromatic carbocycles. The predicted molar refractivity (Wildman–Crippen MR) is 70.9 cm³/mol. The molecule has 1 unspecified atom stereocenters. The second kappa shape index (κ2) is 5.99. The molecule has 1 atom stereocenters. The Morgan fingerprint density at radius 1 is 1.39 bits per heavy atom. The minimum atomic E-state index is 0. The van der Waals surface area contributed by atoms with Gasteiger partial charge in [-0.3, -0.25) is 4.90 Å². The normalized spacial score (nSPS) is 24.8. The zero-order chi connectivity index (χ0) is 11.7. The van der Waals surface area contributed by atoms with E-state index in [0.29, 0.717) is 12.0 Å². The van der Waals surface area contributed by atoms with Crippen molar-refractivity contribution in [2.75, 3.05) is 20.1 Å². The van der Waals surface area contributed by atoms with Crippen LogP contribution in [-0.2, 0) is 6.54 Å². The zero-order valence-electron chi connectivity index (χ0n) is 10.8. The molecule has 1 aromatic heterocycles. The molecule has 18 heavy (non-hydrogen) atoms. The van der Waals surface area contributed by atoms with Crippen molar-refractivity contribution in [2.45, 2.75) is 44.2 Å². The van der Waals surface area contributed by atoms with Crippen molar-refractivity contribution in [1.82, 2.24) is 20.4 Å². The van der Waals surface area contributed by atoms with Crippen molar-refractivity contribution in [3.05, 3.63) is 11.7 Å². The third-order valence-electron chi connectivity index (χ3n) is 3.70. The molecule has 0 spiro atoms. The molecule has 6 heteroatoms. The topological polar surface area (TPSA) is 54.2 Å². The average molecular weight is 273 g/mol. The van der Waals surface area contributed by atoms with E-state index in [4.69, 9.17) is 4.52 Å². The molecule has 0 amide bonds. The van der Waals surface area contributed by atoms with Crippen LogP contribution in [0.5, 0.6) is 0 Å². The number of hydrogen-bond acceptors (Lipinski definition) is 5. The lowest BCUT2D eigenvalue weighted by Crippen LogP contribution is -2.43. The van der Waals surface area contributed by atoms with Gasteiger partial charge in [0.1, 0.15) is 0 Å². The third kappa shape index (κ3) is 3.22. The van der Waals surface area contributed by atoms with Crippen LogP contribution in [0.4, 0.5) is 0 Å². The maximum atomic E-state index is 5.31. The van der Waals surface area contributed by atoms with Crippen molar-refractivity contribution in [2.24, 2.45) is 0 Å². The van der Waals surface area contributed by atoms with E-state index in [2.05, 4.69) is 20.4 Å². The molecule has 1 saturated carbocycles. The molecule has 2 aliphatic rings. The molecule has 2 heterocycles. The van der Waals surface area contributed by atoms with Gasteiger partial charge in [0.25, 0.3) is 0 Å². The average Bonchev–Trinajstić information content (AvgIpc) is 3.11. The molecular formula is C12H21ClN4O. The van der Waals surface area contributed by atoms with Crippen LogP contribution in [0, 0.1) is 0 Å². The van der Waals surface area contributed by atoms with Gasteiger partial charge in [-0.05, 0) is 39.3 Å². The van der Waals surface area contributed by atoms with Gasteiger partial charge in [0.2, 0.25) is 5.89 Å². The van der Waals surface area contributed by atoms with E-state index < -0.39 is 0 Å². The van der Waals surface area contributed by atoms with Crippen LogP contribution >= 0.6 is 12.4 Å². The predicted octanol–water partition coefficient (Wildman–Crippen LogP) is 1.55. The molecule has 1 N–H and O–H groups in total. The number of piperidine rings is 1. The van der Waals surface area contributed by atoms with Gasteiger partial charge in [-0.25, -0.2) is 0 Å². The lowest BCUT2D eigenvalue weighted by Gasteiger charge is -2.31. The van der Waals surface area contributed by atoms with E-state index in [9.17, 15) is 0 Å². The Labute approximate surface area is 114 Å². The Bertz CT molecular complexity index is 380. The minimum Gasteiger partial charge on any atom is -0.338 e. The van der Waals surface area contributed by atoms with Crippen LogP contribution in [0.15, 0.2) is 4.52 Å². The first-order valence-electron chi connectivity index (χ1n) is 6.57. The molecule has 1 saturated heterocycles. The smallest absolute Gasteiger partial charge is 0.240 e. The Kier molecular flexibility index (Phi) is 4.59. The standard InChI is InChI=1S/C12H20N4O.ClH/c1-13-10-3-2-6-16(7-10)8-11-14-12(15-17-11)9-4-5-9;/h9-10,13H,2-8H2,1H3;1H. The molecule has 1 aromatic rings. The number of likely N-dealkylation sites (N-methyl/N-ethyl adjacent to an activating group) is 1. The molecular weight excluding hydrogens is 252 g/mol. The number of halogens is 1. The minimum absolute atomic E-state index is 0. The summed E-state index contributed by atoms with van der Waals surface area (Å²) in [5, 5.41) is 7.40. The molecule has 1 aliphatic carbocycles. The first-order chi connectivity index (χ1) is 8.35. The maximum Gasteiger partial charge on any atom is 0.240 e. The van der Waals surface area contributed by atoms with Gasteiger partial charge < -0.3 is 9.84 Å². The number of hydrogen-bond donors (Lipinski definition) is 1. The number of likely N-dealkylation sites (tertiary alicyclic amines) is 1. The largest absolute Gasteiger partial charge is 0.338 e. The maximum absolute atomic E-state index is 5.31. The van der Waals surface area contributed by atoms with E-state index in [1.165, 1.54) is 25.7 Å². The third-order valence-corrected chi connectivity index (χ3v) is 3.70. The highest BCUT2D eigenvalue weighted by molar-refractivity contribution is 5.85. The summed E-state index contributed by atoms with van der Waals surface area (Å²) in [6.45, 7) is 3.02. The zero-order valence-corrected chi connectivity index (χ0v) is 11.6. The first-order valence-corrected chi connectivity index (χ1v) is 6.57. The lowest BCUT2D eigenvalue weighted by molar-refractivity contribution is 0.167. The summed E-state index contributed by atoms with van der Waals surface area (Å²) in [6.07, 6.45) is 4.97. The highest BCUT2D eigenvalue weighted by atomic mass is 35.5. The fraction of sp³-hybridized carbons (Fsp3) is 0.833. The fourth-order valence-electron chi connectivity index (χ4n) is 2.47.